The Morgan fingerprint density at radius 3 is 1.26 bits per heavy atom. The third-order valence-electron chi connectivity index (χ3n) is 7.58. The molecule has 0 aromatic carbocycles. The molecule has 0 spiro atoms. The largest absolute Gasteiger partial charge is 0.478 e. The number of rotatable bonds is 20. The van der Waals surface area contributed by atoms with Gasteiger partial charge < -0.3 is 5.11 Å². The second kappa shape index (κ2) is 17.9. The first-order valence-corrected chi connectivity index (χ1v) is 16.4. The van der Waals surface area contributed by atoms with Crippen molar-refractivity contribution in [1.29, 1.82) is 0 Å². The van der Waals surface area contributed by atoms with Crippen molar-refractivity contribution in [3.05, 3.63) is 11.3 Å². The van der Waals surface area contributed by atoms with Crippen LogP contribution in [0.3, 0.4) is 0 Å². The van der Waals surface area contributed by atoms with Crippen LogP contribution in [0.25, 0.3) is 0 Å². The quantitative estimate of drug-likeness (QED) is 0.147. The molecule has 31 heavy (non-hydrogen) atoms. The van der Waals surface area contributed by atoms with Gasteiger partial charge in [0.2, 0.25) is 0 Å². The zero-order valence-electron chi connectivity index (χ0n) is 22.3. The van der Waals surface area contributed by atoms with Gasteiger partial charge in [0.05, 0.1) is 8.07 Å². The molecular weight excluding hydrogens is 396 g/mol. The van der Waals surface area contributed by atoms with Gasteiger partial charge in [-0.2, -0.15) is 0 Å². The SMILES string of the molecule is CCCCC(CC)C[Si](C=C(C)C(=O)O)(CC(CC)CCCC)CC(CC)CCCC. The van der Waals surface area contributed by atoms with E-state index in [4.69, 9.17) is 0 Å². The molecule has 0 heterocycles. The molecule has 3 heteroatoms. The van der Waals surface area contributed by atoms with Crippen molar-refractivity contribution in [2.24, 2.45) is 17.8 Å². The maximum absolute atomic E-state index is 11.9. The van der Waals surface area contributed by atoms with Crippen LogP contribution >= 0.6 is 0 Å². The van der Waals surface area contributed by atoms with Crippen LogP contribution in [0.5, 0.6) is 0 Å². The summed E-state index contributed by atoms with van der Waals surface area (Å²) in [5.74, 6) is 1.58. The molecule has 0 saturated carbocycles. The molecule has 0 saturated heterocycles. The highest BCUT2D eigenvalue weighted by molar-refractivity contribution is 6.85. The molecule has 0 aliphatic carbocycles. The minimum atomic E-state index is -1.87. The molecule has 0 aliphatic heterocycles. The minimum Gasteiger partial charge on any atom is -0.478 e. The Kier molecular flexibility index (Phi) is 17.6. The van der Waals surface area contributed by atoms with Crippen LogP contribution in [0.1, 0.15) is 126 Å². The zero-order valence-corrected chi connectivity index (χ0v) is 23.3. The first kappa shape index (κ1) is 30.4. The molecule has 0 aromatic heterocycles. The first-order valence-electron chi connectivity index (χ1n) is 13.7. The Labute approximate surface area is 196 Å². The van der Waals surface area contributed by atoms with Crippen LogP contribution in [0.15, 0.2) is 11.3 Å². The lowest BCUT2D eigenvalue weighted by Gasteiger charge is -2.38. The maximum atomic E-state index is 11.9. The average Bonchev–Trinajstić information content (AvgIpc) is 2.76. The van der Waals surface area contributed by atoms with Gasteiger partial charge in [-0.05, 0) is 24.7 Å². The van der Waals surface area contributed by atoms with Crippen molar-refractivity contribution < 1.29 is 9.90 Å². The van der Waals surface area contributed by atoms with Gasteiger partial charge in [-0.15, -0.1) is 0 Å². The molecule has 0 radical (unpaired) electrons. The molecule has 0 aromatic rings. The lowest BCUT2D eigenvalue weighted by atomic mass is 10.0. The highest BCUT2D eigenvalue weighted by Gasteiger charge is 2.37. The second-order valence-corrected chi connectivity index (χ2v) is 14.6. The summed E-state index contributed by atoms with van der Waals surface area (Å²) in [5.41, 5.74) is 2.99. The molecule has 0 rings (SSSR count). The third-order valence-corrected chi connectivity index (χ3v) is 12.8. The zero-order chi connectivity index (χ0) is 23.7. The van der Waals surface area contributed by atoms with Gasteiger partial charge in [-0.3, -0.25) is 0 Å². The van der Waals surface area contributed by atoms with Crippen molar-refractivity contribution in [2.45, 2.75) is 144 Å². The number of unbranched alkanes of at least 4 members (excludes halogenated alkanes) is 3. The van der Waals surface area contributed by atoms with Crippen molar-refractivity contribution >= 4 is 14.0 Å². The van der Waals surface area contributed by atoms with Gasteiger partial charge in [0.1, 0.15) is 0 Å². The van der Waals surface area contributed by atoms with E-state index in [-0.39, 0.29) is 0 Å². The first-order chi connectivity index (χ1) is 14.8. The predicted octanol–water partition coefficient (Wildman–Crippen LogP) is 9.65. The highest BCUT2D eigenvalue weighted by atomic mass is 28.3. The summed E-state index contributed by atoms with van der Waals surface area (Å²) in [6.07, 6.45) is 15.4. The topological polar surface area (TPSA) is 37.3 Å². The molecule has 2 nitrogen and oxygen atoms in total. The van der Waals surface area contributed by atoms with Crippen LogP contribution in [-0.2, 0) is 4.79 Å². The molecule has 1 N–H and O–H groups in total. The molecule has 0 aliphatic rings. The van der Waals surface area contributed by atoms with Crippen LogP contribution in [0, 0.1) is 17.8 Å². The number of aliphatic carboxylic acids is 1. The fraction of sp³-hybridized carbons (Fsp3) is 0.893. The van der Waals surface area contributed by atoms with Crippen LogP contribution in [0.4, 0.5) is 0 Å². The normalized spacial score (nSPS) is 17.2. The Hall–Kier alpha value is -0.573. The van der Waals surface area contributed by atoms with Crippen molar-refractivity contribution in [3.63, 3.8) is 0 Å². The van der Waals surface area contributed by atoms with Gasteiger partial charge in [0.25, 0.3) is 0 Å². The van der Waals surface area contributed by atoms with Crippen molar-refractivity contribution in [2.75, 3.05) is 0 Å². The summed E-state index contributed by atoms with van der Waals surface area (Å²) in [4.78, 5) is 11.9. The van der Waals surface area contributed by atoms with Crippen molar-refractivity contribution in [1.82, 2.24) is 0 Å². The Bertz CT molecular complexity index is 440. The van der Waals surface area contributed by atoms with Gasteiger partial charge >= 0.3 is 5.97 Å². The minimum absolute atomic E-state index is 0.618. The Balaban J connectivity index is 6.14. The van der Waals surface area contributed by atoms with E-state index >= 15 is 0 Å². The number of hydrogen-bond acceptors (Lipinski definition) is 1. The lowest BCUT2D eigenvalue weighted by molar-refractivity contribution is -0.132. The van der Waals surface area contributed by atoms with E-state index in [9.17, 15) is 9.90 Å². The van der Waals surface area contributed by atoms with E-state index in [1.807, 2.05) is 6.92 Å². The molecule has 0 bridgehead atoms. The van der Waals surface area contributed by atoms with Crippen LogP contribution in [-0.4, -0.2) is 19.1 Å². The average molecular weight is 453 g/mol. The Morgan fingerprint density at radius 1 is 0.710 bits per heavy atom. The summed E-state index contributed by atoms with van der Waals surface area (Å²) in [7, 11) is -1.87. The van der Waals surface area contributed by atoms with E-state index in [1.165, 1.54) is 95.2 Å². The second-order valence-electron chi connectivity index (χ2n) is 10.4. The molecule has 3 atom stereocenters. The van der Waals surface area contributed by atoms with E-state index in [1.54, 1.807) is 0 Å². The monoisotopic (exact) mass is 452 g/mol. The number of carboxylic acids is 1. The maximum Gasteiger partial charge on any atom is 0.330 e. The molecular formula is C28H56O2Si. The van der Waals surface area contributed by atoms with E-state index in [0.29, 0.717) is 5.57 Å². The summed E-state index contributed by atoms with van der Waals surface area (Å²) >= 11 is 0. The number of carboxylic acid groups (broad SMARTS) is 1. The van der Waals surface area contributed by atoms with Crippen molar-refractivity contribution in [3.8, 4) is 0 Å². The summed E-state index contributed by atoms with van der Waals surface area (Å²) in [5, 5.41) is 9.80. The molecule has 184 valence electrons. The molecule has 0 amide bonds. The van der Waals surface area contributed by atoms with Crippen LogP contribution in [0.2, 0.25) is 18.1 Å². The fourth-order valence-corrected chi connectivity index (χ4v) is 12.3. The van der Waals surface area contributed by atoms with E-state index in [2.05, 4.69) is 47.2 Å². The molecule has 3 unspecified atom stereocenters. The van der Waals surface area contributed by atoms with Crippen LogP contribution < -0.4 is 0 Å². The Morgan fingerprint density at radius 2 is 1.03 bits per heavy atom. The smallest absolute Gasteiger partial charge is 0.330 e. The summed E-state index contributed by atoms with van der Waals surface area (Å²) in [6.45, 7) is 15.8. The van der Waals surface area contributed by atoms with E-state index < -0.39 is 14.0 Å². The number of carbonyl (C=O) groups is 1. The number of hydrogen-bond donors (Lipinski definition) is 1. The standard InChI is InChI=1S/C28H56O2Si/c1-8-14-17-25(11-4)21-31(20-24(7)28(29)30,22-26(12-5)18-15-9-2)23-27(13-6)19-16-10-3/h20,25-27H,8-19,21-23H2,1-7H3,(H,29,30). The predicted molar refractivity (Wildman–Crippen MR) is 141 cm³/mol. The summed E-state index contributed by atoms with van der Waals surface area (Å²) in [6, 6.07) is 3.91. The third kappa shape index (κ3) is 12.9. The van der Waals surface area contributed by atoms with Gasteiger partial charge in [0, 0.05) is 5.57 Å². The fourth-order valence-electron chi connectivity index (χ4n) is 5.50. The lowest BCUT2D eigenvalue weighted by Crippen LogP contribution is -2.40. The van der Waals surface area contributed by atoms with E-state index in [0.717, 1.165) is 17.8 Å². The highest BCUT2D eigenvalue weighted by Crippen LogP contribution is 2.40. The summed E-state index contributed by atoms with van der Waals surface area (Å²) < 4.78 is 0. The molecule has 0 fully saturated rings. The van der Waals surface area contributed by atoms with Gasteiger partial charge in [-0.1, -0.05) is 142 Å². The van der Waals surface area contributed by atoms with Gasteiger partial charge in [0.15, 0.2) is 0 Å². The van der Waals surface area contributed by atoms with Gasteiger partial charge in [-0.25, -0.2) is 4.79 Å².